The minimum absolute atomic E-state index is 0.216. The van der Waals surface area contributed by atoms with Crippen LogP contribution in [0.1, 0.15) is 0 Å². The summed E-state index contributed by atoms with van der Waals surface area (Å²) in [5.41, 5.74) is 0.887. The summed E-state index contributed by atoms with van der Waals surface area (Å²) in [4.78, 5) is 24.6. The number of hydrogen-bond acceptors (Lipinski definition) is 3. The summed E-state index contributed by atoms with van der Waals surface area (Å²) in [6.07, 6.45) is 0. The van der Waals surface area contributed by atoms with Crippen molar-refractivity contribution >= 4 is 44.2 Å². The second-order valence-electron chi connectivity index (χ2n) is 4.50. The van der Waals surface area contributed by atoms with E-state index in [1.165, 1.54) is 0 Å². The summed E-state index contributed by atoms with van der Waals surface area (Å²) in [6, 6.07) is 11.9. The molecule has 0 spiro atoms. The number of amides is 2. The lowest BCUT2D eigenvalue weighted by atomic mass is 10.1. The van der Waals surface area contributed by atoms with Crippen molar-refractivity contribution < 1.29 is 9.59 Å². The van der Waals surface area contributed by atoms with E-state index in [9.17, 15) is 9.59 Å². The molecular formula is C14H11BrN2O2. The van der Waals surface area contributed by atoms with Crippen LogP contribution < -0.4 is 10.2 Å². The number of rotatable bonds is 1. The average Bonchev–Trinajstić information content (AvgIpc) is 2.37. The minimum Gasteiger partial charge on any atom is -0.353 e. The van der Waals surface area contributed by atoms with Gasteiger partial charge in [0.1, 0.15) is 0 Å². The highest BCUT2D eigenvalue weighted by molar-refractivity contribution is 9.10. The van der Waals surface area contributed by atoms with Crippen LogP contribution in [0.15, 0.2) is 40.9 Å². The summed E-state index contributed by atoms with van der Waals surface area (Å²) in [7, 11) is 0. The standard InChI is InChI=1S/C14H11BrN2O2/c15-11-3-1-10-6-12(4-2-9(10)5-11)17-7-13(18)16-14(19)8-17/h1-6H,7-8H2,(H,16,18,19). The zero-order valence-corrected chi connectivity index (χ0v) is 11.6. The largest absolute Gasteiger partial charge is 0.353 e. The molecule has 2 amide bonds. The molecule has 1 aliphatic heterocycles. The van der Waals surface area contributed by atoms with Crippen LogP contribution in [0.25, 0.3) is 10.8 Å². The summed E-state index contributed by atoms with van der Waals surface area (Å²) in [6.45, 7) is 0.432. The molecule has 0 radical (unpaired) electrons. The molecule has 1 fully saturated rings. The monoisotopic (exact) mass is 318 g/mol. The smallest absolute Gasteiger partial charge is 0.246 e. The van der Waals surface area contributed by atoms with E-state index in [1.54, 1.807) is 4.90 Å². The lowest BCUT2D eigenvalue weighted by Gasteiger charge is -2.27. The van der Waals surface area contributed by atoms with Crippen molar-refractivity contribution in [3.8, 4) is 0 Å². The number of carbonyl (C=O) groups excluding carboxylic acids is 2. The Morgan fingerprint density at radius 3 is 2.32 bits per heavy atom. The molecule has 0 unspecified atom stereocenters. The zero-order valence-electron chi connectivity index (χ0n) is 10.0. The van der Waals surface area contributed by atoms with E-state index in [0.717, 1.165) is 20.9 Å². The first-order valence-corrected chi connectivity index (χ1v) is 6.68. The Kier molecular flexibility index (Phi) is 2.98. The third-order valence-electron chi connectivity index (χ3n) is 3.10. The lowest BCUT2D eigenvalue weighted by Crippen LogP contribution is -2.51. The van der Waals surface area contributed by atoms with Gasteiger partial charge in [0.05, 0.1) is 13.1 Å². The molecule has 1 N–H and O–H groups in total. The first kappa shape index (κ1) is 12.2. The van der Waals surface area contributed by atoms with Gasteiger partial charge in [0, 0.05) is 10.2 Å². The van der Waals surface area contributed by atoms with Crippen molar-refractivity contribution in [3.05, 3.63) is 40.9 Å². The number of imide groups is 1. The molecular weight excluding hydrogens is 308 g/mol. The highest BCUT2D eigenvalue weighted by Crippen LogP contribution is 2.25. The van der Waals surface area contributed by atoms with Crippen LogP contribution in [0.3, 0.4) is 0 Å². The zero-order chi connectivity index (χ0) is 13.4. The average molecular weight is 319 g/mol. The van der Waals surface area contributed by atoms with Gasteiger partial charge < -0.3 is 4.90 Å². The van der Waals surface area contributed by atoms with Crippen LogP contribution >= 0.6 is 15.9 Å². The molecule has 0 aliphatic carbocycles. The Bertz CT molecular complexity index is 668. The number of piperazine rings is 1. The summed E-state index contributed by atoms with van der Waals surface area (Å²) >= 11 is 3.44. The Morgan fingerprint density at radius 1 is 0.947 bits per heavy atom. The molecule has 96 valence electrons. The van der Waals surface area contributed by atoms with Crippen molar-refractivity contribution in [1.29, 1.82) is 0 Å². The quantitative estimate of drug-likeness (QED) is 0.819. The molecule has 0 atom stereocenters. The minimum atomic E-state index is -0.257. The molecule has 5 heteroatoms. The van der Waals surface area contributed by atoms with Crippen molar-refractivity contribution in [2.75, 3.05) is 18.0 Å². The van der Waals surface area contributed by atoms with E-state index < -0.39 is 0 Å². The first-order valence-electron chi connectivity index (χ1n) is 5.89. The van der Waals surface area contributed by atoms with Gasteiger partial charge in [-0.25, -0.2) is 0 Å². The molecule has 2 aromatic rings. The maximum Gasteiger partial charge on any atom is 0.246 e. The van der Waals surface area contributed by atoms with Gasteiger partial charge >= 0.3 is 0 Å². The van der Waals surface area contributed by atoms with Gasteiger partial charge in [-0.15, -0.1) is 0 Å². The van der Waals surface area contributed by atoms with Crippen LogP contribution in [-0.2, 0) is 9.59 Å². The molecule has 3 rings (SSSR count). The number of hydrogen-bond donors (Lipinski definition) is 1. The van der Waals surface area contributed by atoms with Crippen LogP contribution in [-0.4, -0.2) is 24.9 Å². The van der Waals surface area contributed by atoms with Crippen LogP contribution in [0.2, 0.25) is 0 Å². The topological polar surface area (TPSA) is 49.4 Å². The molecule has 1 heterocycles. The number of anilines is 1. The highest BCUT2D eigenvalue weighted by Gasteiger charge is 2.22. The van der Waals surface area contributed by atoms with Crippen molar-refractivity contribution in [2.24, 2.45) is 0 Å². The molecule has 1 aliphatic rings. The normalized spacial score (nSPS) is 15.7. The Balaban J connectivity index is 1.99. The molecule has 19 heavy (non-hydrogen) atoms. The van der Waals surface area contributed by atoms with Gasteiger partial charge in [-0.2, -0.15) is 0 Å². The fraction of sp³-hybridized carbons (Fsp3) is 0.143. The molecule has 1 saturated heterocycles. The Morgan fingerprint density at radius 2 is 1.58 bits per heavy atom. The Hall–Kier alpha value is -1.88. The summed E-state index contributed by atoms with van der Waals surface area (Å²) in [5.74, 6) is -0.515. The SMILES string of the molecule is O=C1CN(c2ccc3cc(Br)ccc3c2)CC(=O)N1. The number of halogens is 1. The van der Waals surface area contributed by atoms with Crippen molar-refractivity contribution in [2.45, 2.75) is 0 Å². The second kappa shape index (κ2) is 4.66. The van der Waals surface area contributed by atoms with E-state index in [-0.39, 0.29) is 24.9 Å². The number of fused-ring (bicyclic) bond motifs is 1. The highest BCUT2D eigenvalue weighted by atomic mass is 79.9. The van der Waals surface area contributed by atoms with Gasteiger partial charge in [0.15, 0.2) is 0 Å². The van der Waals surface area contributed by atoms with E-state index in [1.807, 2.05) is 36.4 Å². The third-order valence-corrected chi connectivity index (χ3v) is 3.59. The molecule has 0 aromatic heterocycles. The number of nitrogens with zero attached hydrogens (tertiary/aromatic N) is 1. The first-order chi connectivity index (χ1) is 9.11. The van der Waals surface area contributed by atoms with Crippen LogP contribution in [0.4, 0.5) is 5.69 Å². The van der Waals surface area contributed by atoms with Crippen molar-refractivity contribution in [3.63, 3.8) is 0 Å². The lowest BCUT2D eigenvalue weighted by molar-refractivity contribution is -0.130. The van der Waals surface area contributed by atoms with Crippen molar-refractivity contribution in [1.82, 2.24) is 5.32 Å². The predicted molar refractivity (Wildman–Crippen MR) is 77.0 cm³/mol. The van der Waals surface area contributed by atoms with E-state index in [2.05, 4.69) is 21.2 Å². The molecule has 2 aromatic carbocycles. The van der Waals surface area contributed by atoms with E-state index >= 15 is 0 Å². The summed E-state index contributed by atoms with van der Waals surface area (Å²) in [5, 5.41) is 4.50. The van der Waals surface area contributed by atoms with Gasteiger partial charge in [-0.1, -0.05) is 28.1 Å². The third kappa shape index (κ3) is 2.46. The number of carbonyl (C=O) groups is 2. The maximum atomic E-state index is 11.4. The molecule has 4 nitrogen and oxygen atoms in total. The van der Waals surface area contributed by atoms with E-state index in [4.69, 9.17) is 0 Å². The van der Waals surface area contributed by atoms with E-state index in [0.29, 0.717) is 0 Å². The molecule has 0 saturated carbocycles. The fourth-order valence-electron chi connectivity index (χ4n) is 2.22. The number of nitrogens with one attached hydrogen (secondary N) is 1. The Labute approximate surface area is 118 Å². The fourth-order valence-corrected chi connectivity index (χ4v) is 2.60. The van der Waals surface area contributed by atoms with Gasteiger partial charge in [0.2, 0.25) is 11.8 Å². The predicted octanol–water partition coefficient (Wildman–Crippen LogP) is 2.07. The second-order valence-corrected chi connectivity index (χ2v) is 5.42. The van der Waals surface area contributed by atoms with Gasteiger partial charge in [-0.05, 0) is 35.0 Å². The van der Waals surface area contributed by atoms with Gasteiger partial charge in [0.25, 0.3) is 0 Å². The summed E-state index contributed by atoms with van der Waals surface area (Å²) < 4.78 is 1.03. The maximum absolute atomic E-state index is 11.4. The van der Waals surface area contributed by atoms with Crippen LogP contribution in [0, 0.1) is 0 Å². The van der Waals surface area contributed by atoms with Crippen LogP contribution in [0.5, 0.6) is 0 Å². The molecule has 0 bridgehead atoms. The number of benzene rings is 2. The van der Waals surface area contributed by atoms with Gasteiger partial charge in [-0.3, -0.25) is 14.9 Å².